The van der Waals surface area contributed by atoms with Crippen molar-refractivity contribution in [1.82, 2.24) is 10.2 Å². The van der Waals surface area contributed by atoms with Gasteiger partial charge in [0.2, 0.25) is 0 Å². The van der Waals surface area contributed by atoms with Gasteiger partial charge < -0.3 is 15.3 Å². The molecule has 0 aliphatic carbocycles. The van der Waals surface area contributed by atoms with E-state index in [1.54, 1.807) is 16.7 Å². The number of nitrogens with one attached hydrogen (secondary N) is 1. The van der Waals surface area contributed by atoms with Crippen molar-refractivity contribution in [2.45, 2.75) is 31.2 Å². The highest BCUT2D eigenvalue weighted by atomic mass is 32.2. The number of nitrogens with zero attached hydrogens (tertiary/aromatic N) is 1. The molecule has 0 bridgehead atoms. The van der Waals surface area contributed by atoms with Crippen LogP contribution in [0.25, 0.3) is 0 Å². The van der Waals surface area contributed by atoms with Crippen LogP contribution in [0.5, 0.6) is 0 Å². The van der Waals surface area contributed by atoms with E-state index in [2.05, 4.69) is 36.5 Å². The lowest BCUT2D eigenvalue weighted by atomic mass is 10.1. The third kappa shape index (κ3) is 4.66. The number of hydrogen-bond acceptors (Lipinski definition) is 3. The molecule has 120 valence electrons. The lowest BCUT2D eigenvalue weighted by molar-refractivity contribution is -0.141. The summed E-state index contributed by atoms with van der Waals surface area (Å²) < 4.78 is 0. The van der Waals surface area contributed by atoms with E-state index in [4.69, 9.17) is 5.11 Å². The Bertz CT molecular complexity index is 533. The van der Waals surface area contributed by atoms with E-state index in [0.29, 0.717) is 19.5 Å². The molecular formula is C16H22N2O3S. The Labute approximate surface area is 135 Å². The van der Waals surface area contributed by atoms with Gasteiger partial charge in [0.15, 0.2) is 0 Å². The summed E-state index contributed by atoms with van der Waals surface area (Å²) in [6, 6.07) is 8.16. The van der Waals surface area contributed by atoms with E-state index in [-0.39, 0.29) is 12.1 Å². The Kier molecular flexibility index (Phi) is 5.71. The number of carbonyl (C=O) groups is 2. The number of amides is 2. The van der Waals surface area contributed by atoms with Gasteiger partial charge in [-0.25, -0.2) is 4.79 Å². The normalized spacial score (nSPS) is 19.0. The molecule has 0 saturated carbocycles. The number of benzene rings is 1. The molecule has 2 unspecified atom stereocenters. The molecule has 22 heavy (non-hydrogen) atoms. The number of carboxylic acids is 1. The number of thioether (sulfide) groups is 1. The summed E-state index contributed by atoms with van der Waals surface area (Å²) in [4.78, 5) is 25.8. The summed E-state index contributed by atoms with van der Waals surface area (Å²) in [5, 5.41) is 11.9. The molecule has 1 fully saturated rings. The molecule has 1 aliphatic rings. The molecule has 2 amide bonds. The van der Waals surface area contributed by atoms with Crippen molar-refractivity contribution >= 4 is 23.8 Å². The maximum atomic E-state index is 12.1. The Balaban J connectivity index is 1.74. The molecule has 1 aromatic rings. The summed E-state index contributed by atoms with van der Waals surface area (Å²) >= 11 is 1.70. The van der Waals surface area contributed by atoms with Crippen LogP contribution in [-0.4, -0.2) is 46.9 Å². The lowest BCUT2D eigenvalue weighted by Crippen LogP contribution is -2.43. The van der Waals surface area contributed by atoms with Crippen LogP contribution in [0.15, 0.2) is 29.2 Å². The summed E-state index contributed by atoms with van der Waals surface area (Å²) in [7, 11) is 0. The third-order valence-electron chi connectivity index (χ3n) is 3.72. The van der Waals surface area contributed by atoms with Crippen LogP contribution >= 0.6 is 11.8 Å². The van der Waals surface area contributed by atoms with E-state index in [1.807, 2.05) is 6.92 Å². The van der Waals surface area contributed by atoms with E-state index >= 15 is 0 Å². The SMILES string of the molecule is Cc1ccc(SCC(C)NC(=O)N2CCC(C(=O)O)C2)cc1. The summed E-state index contributed by atoms with van der Waals surface area (Å²) in [5.74, 6) is -0.466. The highest BCUT2D eigenvalue weighted by molar-refractivity contribution is 7.99. The van der Waals surface area contributed by atoms with Gasteiger partial charge in [0.05, 0.1) is 5.92 Å². The molecule has 0 aromatic heterocycles. The summed E-state index contributed by atoms with van der Waals surface area (Å²) in [6.45, 7) is 4.83. The fourth-order valence-electron chi connectivity index (χ4n) is 2.35. The second-order valence-corrected chi connectivity index (χ2v) is 6.84. The van der Waals surface area contributed by atoms with Gasteiger partial charge in [0, 0.05) is 29.8 Å². The van der Waals surface area contributed by atoms with Crippen molar-refractivity contribution < 1.29 is 14.7 Å². The molecule has 2 atom stereocenters. The Hall–Kier alpha value is -1.69. The number of aryl methyl sites for hydroxylation is 1. The largest absolute Gasteiger partial charge is 0.481 e. The van der Waals surface area contributed by atoms with Crippen LogP contribution in [0.4, 0.5) is 4.79 Å². The zero-order valence-electron chi connectivity index (χ0n) is 12.9. The second-order valence-electron chi connectivity index (χ2n) is 5.74. The predicted molar refractivity (Wildman–Crippen MR) is 87.2 cm³/mol. The van der Waals surface area contributed by atoms with Crippen molar-refractivity contribution in [3.05, 3.63) is 29.8 Å². The Morgan fingerprint density at radius 2 is 2.09 bits per heavy atom. The van der Waals surface area contributed by atoms with Crippen LogP contribution < -0.4 is 5.32 Å². The number of rotatable bonds is 5. The summed E-state index contributed by atoms with van der Waals surface area (Å²) in [6.07, 6.45) is 0.537. The molecule has 1 saturated heterocycles. The first-order chi connectivity index (χ1) is 10.5. The Morgan fingerprint density at radius 1 is 1.41 bits per heavy atom. The average molecular weight is 322 g/mol. The van der Waals surface area contributed by atoms with Gasteiger partial charge in [0.25, 0.3) is 0 Å². The molecule has 5 nitrogen and oxygen atoms in total. The van der Waals surface area contributed by atoms with E-state index in [0.717, 1.165) is 5.75 Å². The maximum Gasteiger partial charge on any atom is 0.317 e. The molecule has 1 heterocycles. The predicted octanol–water partition coefficient (Wildman–Crippen LogP) is 2.59. The number of carboxylic acid groups (broad SMARTS) is 1. The molecule has 1 aromatic carbocycles. The number of urea groups is 1. The van der Waals surface area contributed by atoms with Crippen molar-refractivity contribution in [3.63, 3.8) is 0 Å². The topological polar surface area (TPSA) is 69.6 Å². The standard InChI is InChI=1S/C16H22N2O3S/c1-11-3-5-14(6-4-11)22-10-12(2)17-16(21)18-8-7-13(9-18)15(19)20/h3-6,12-13H,7-10H2,1-2H3,(H,17,21)(H,19,20). The van der Waals surface area contributed by atoms with Crippen LogP contribution in [-0.2, 0) is 4.79 Å². The maximum absolute atomic E-state index is 12.1. The molecule has 2 rings (SSSR count). The van der Waals surface area contributed by atoms with Crippen molar-refractivity contribution in [2.24, 2.45) is 5.92 Å². The fourth-order valence-corrected chi connectivity index (χ4v) is 3.20. The van der Waals surface area contributed by atoms with Gasteiger partial charge in [-0.2, -0.15) is 0 Å². The van der Waals surface area contributed by atoms with Gasteiger partial charge in [-0.3, -0.25) is 4.79 Å². The molecule has 0 spiro atoms. The van der Waals surface area contributed by atoms with Gasteiger partial charge >= 0.3 is 12.0 Å². The quantitative estimate of drug-likeness (QED) is 0.818. The minimum atomic E-state index is -0.821. The van der Waals surface area contributed by atoms with E-state index in [1.165, 1.54) is 10.5 Å². The van der Waals surface area contributed by atoms with Crippen molar-refractivity contribution in [2.75, 3.05) is 18.8 Å². The zero-order chi connectivity index (χ0) is 16.1. The lowest BCUT2D eigenvalue weighted by Gasteiger charge is -2.20. The minimum Gasteiger partial charge on any atom is -0.481 e. The monoisotopic (exact) mass is 322 g/mol. The highest BCUT2D eigenvalue weighted by Crippen LogP contribution is 2.20. The molecule has 6 heteroatoms. The van der Waals surface area contributed by atoms with E-state index < -0.39 is 11.9 Å². The smallest absolute Gasteiger partial charge is 0.317 e. The average Bonchev–Trinajstić information content (AvgIpc) is 2.97. The minimum absolute atomic E-state index is 0.0303. The van der Waals surface area contributed by atoms with Gasteiger partial charge in [-0.15, -0.1) is 11.8 Å². The number of likely N-dealkylation sites (tertiary alicyclic amines) is 1. The second kappa shape index (κ2) is 7.54. The number of aliphatic carboxylic acids is 1. The van der Waals surface area contributed by atoms with Gasteiger partial charge in [-0.05, 0) is 32.4 Å². The molecular weight excluding hydrogens is 300 g/mol. The van der Waals surface area contributed by atoms with Crippen molar-refractivity contribution in [1.29, 1.82) is 0 Å². The van der Waals surface area contributed by atoms with E-state index in [9.17, 15) is 9.59 Å². The van der Waals surface area contributed by atoms with Crippen LogP contribution in [0.3, 0.4) is 0 Å². The van der Waals surface area contributed by atoms with Gasteiger partial charge in [-0.1, -0.05) is 17.7 Å². The number of hydrogen-bond donors (Lipinski definition) is 2. The first-order valence-electron chi connectivity index (χ1n) is 7.43. The summed E-state index contributed by atoms with van der Waals surface area (Å²) in [5.41, 5.74) is 1.23. The Morgan fingerprint density at radius 3 is 2.68 bits per heavy atom. The van der Waals surface area contributed by atoms with Crippen LogP contribution in [0.1, 0.15) is 18.9 Å². The molecule has 0 radical (unpaired) electrons. The molecule has 1 aliphatic heterocycles. The van der Waals surface area contributed by atoms with Gasteiger partial charge in [0.1, 0.15) is 0 Å². The first-order valence-corrected chi connectivity index (χ1v) is 8.42. The number of carbonyl (C=O) groups excluding carboxylic acids is 1. The van der Waals surface area contributed by atoms with Crippen LogP contribution in [0.2, 0.25) is 0 Å². The van der Waals surface area contributed by atoms with Crippen LogP contribution in [0, 0.1) is 12.8 Å². The third-order valence-corrected chi connectivity index (χ3v) is 4.99. The van der Waals surface area contributed by atoms with Crippen molar-refractivity contribution in [3.8, 4) is 0 Å². The molecule has 2 N–H and O–H groups in total. The highest BCUT2D eigenvalue weighted by Gasteiger charge is 2.31. The fraction of sp³-hybridized carbons (Fsp3) is 0.500. The zero-order valence-corrected chi connectivity index (χ0v) is 13.7. The first kappa shape index (κ1) is 16.7.